The highest BCUT2D eigenvalue weighted by Gasteiger charge is 2.47. The Morgan fingerprint density at radius 1 is 1.11 bits per heavy atom. The van der Waals surface area contributed by atoms with Crippen molar-refractivity contribution in [3.05, 3.63) is 36.4 Å². The van der Waals surface area contributed by atoms with Gasteiger partial charge in [0.05, 0.1) is 24.6 Å². The third-order valence-electron chi connectivity index (χ3n) is 4.63. The van der Waals surface area contributed by atoms with Crippen molar-refractivity contribution in [2.24, 2.45) is 11.8 Å². The molecule has 1 heterocycles. The number of allylic oxidation sites excluding steroid dienone is 2. The molecule has 0 spiro atoms. The van der Waals surface area contributed by atoms with E-state index in [1.807, 2.05) is 12.2 Å². The van der Waals surface area contributed by atoms with Gasteiger partial charge in [0, 0.05) is 0 Å². The fourth-order valence-electron chi connectivity index (χ4n) is 3.28. The molecule has 1 N–H and O–H groups in total. The van der Waals surface area contributed by atoms with Crippen LogP contribution >= 0.6 is 0 Å². The molecular weight excluding hydrogens is 352 g/mol. The molecule has 1 aliphatic heterocycles. The smallest absolute Gasteiger partial charge is 0.326 e. The Kier molecular flexibility index (Phi) is 5.54. The van der Waals surface area contributed by atoms with Crippen molar-refractivity contribution in [2.45, 2.75) is 12.8 Å². The molecule has 0 aromatic heterocycles. The van der Waals surface area contributed by atoms with Gasteiger partial charge in [0.1, 0.15) is 12.3 Å². The highest BCUT2D eigenvalue weighted by Crippen LogP contribution is 2.34. The van der Waals surface area contributed by atoms with Gasteiger partial charge in [0.25, 0.3) is 5.91 Å². The van der Waals surface area contributed by atoms with Gasteiger partial charge >= 0.3 is 5.97 Å². The summed E-state index contributed by atoms with van der Waals surface area (Å²) in [5.41, 5.74) is 0.447. The van der Waals surface area contributed by atoms with E-state index in [1.165, 1.54) is 7.11 Å². The first-order valence-electron chi connectivity index (χ1n) is 8.60. The minimum atomic E-state index is -0.807. The Hall–Kier alpha value is -3.16. The van der Waals surface area contributed by atoms with E-state index in [9.17, 15) is 19.2 Å². The van der Waals surface area contributed by atoms with Gasteiger partial charge in [-0.2, -0.15) is 0 Å². The summed E-state index contributed by atoms with van der Waals surface area (Å²) in [4.78, 5) is 49.5. The van der Waals surface area contributed by atoms with Gasteiger partial charge < -0.3 is 14.8 Å². The van der Waals surface area contributed by atoms with E-state index < -0.39 is 36.9 Å². The summed E-state index contributed by atoms with van der Waals surface area (Å²) in [6, 6.07) is 6.81. The molecule has 8 heteroatoms. The fourth-order valence-corrected chi connectivity index (χ4v) is 3.28. The molecular formula is C19H20N2O6. The second kappa shape index (κ2) is 8.03. The number of ether oxygens (including phenoxy) is 2. The summed E-state index contributed by atoms with van der Waals surface area (Å²) in [5, 5.41) is 2.57. The van der Waals surface area contributed by atoms with Gasteiger partial charge in [0.2, 0.25) is 11.8 Å². The molecule has 1 fully saturated rings. The van der Waals surface area contributed by atoms with Crippen LogP contribution in [0.5, 0.6) is 5.75 Å². The number of likely N-dealkylation sites (tertiary alicyclic amines) is 1. The van der Waals surface area contributed by atoms with Crippen molar-refractivity contribution in [1.29, 1.82) is 0 Å². The van der Waals surface area contributed by atoms with Crippen LogP contribution in [0.3, 0.4) is 0 Å². The Morgan fingerprint density at radius 3 is 2.37 bits per heavy atom. The maximum atomic E-state index is 12.3. The first kappa shape index (κ1) is 18.6. The van der Waals surface area contributed by atoms with Crippen molar-refractivity contribution in [1.82, 2.24) is 4.90 Å². The van der Waals surface area contributed by atoms with E-state index in [0.29, 0.717) is 24.3 Å². The molecule has 142 valence electrons. The number of nitrogens with one attached hydrogen (secondary N) is 1. The first-order valence-corrected chi connectivity index (χ1v) is 8.60. The van der Waals surface area contributed by atoms with Crippen molar-refractivity contribution < 1.29 is 28.7 Å². The lowest BCUT2D eigenvalue weighted by Crippen LogP contribution is -2.37. The molecule has 1 aliphatic carbocycles. The van der Waals surface area contributed by atoms with E-state index in [-0.39, 0.29) is 11.8 Å². The van der Waals surface area contributed by atoms with Crippen LogP contribution in [0.15, 0.2) is 36.4 Å². The first-order chi connectivity index (χ1) is 13.0. The van der Waals surface area contributed by atoms with Crippen molar-refractivity contribution >= 4 is 29.4 Å². The Balaban J connectivity index is 1.50. The number of imide groups is 1. The van der Waals surface area contributed by atoms with Crippen LogP contribution in [-0.2, 0) is 23.9 Å². The number of hydrogen-bond acceptors (Lipinski definition) is 6. The lowest BCUT2D eigenvalue weighted by molar-refractivity contribution is -0.154. The maximum Gasteiger partial charge on any atom is 0.326 e. The second-order valence-corrected chi connectivity index (χ2v) is 6.33. The highest BCUT2D eigenvalue weighted by molar-refractivity contribution is 6.07. The average Bonchev–Trinajstić information content (AvgIpc) is 2.92. The van der Waals surface area contributed by atoms with Crippen LogP contribution < -0.4 is 10.1 Å². The molecule has 3 amide bonds. The minimum absolute atomic E-state index is 0.357. The van der Waals surface area contributed by atoms with Gasteiger partial charge in [-0.25, -0.2) is 0 Å². The third-order valence-corrected chi connectivity index (χ3v) is 4.63. The molecule has 2 atom stereocenters. The number of rotatable bonds is 6. The Morgan fingerprint density at radius 2 is 1.74 bits per heavy atom. The largest absolute Gasteiger partial charge is 0.495 e. The molecule has 1 aromatic carbocycles. The van der Waals surface area contributed by atoms with Gasteiger partial charge in [-0.1, -0.05) is 24.3 Å². The molecule has 1 saturated heterocycles. The van der Waals surface area contributed by atoms with Gasteiger partial charge in [-0.15, -0.1) is 0 Å². The number of anilines is 1. The molecule has 0 radical (unpaired) electrons. The molecule has 1 aromatic rings. The van der Waals surface area contributed by atoms with E-state index in [4.69, 9.17) is 9.47 Å². The number of amides is 3. The number of para-hydroxylation sites is 2. The summed E-state index contributed by atoms with van der Waals surface area (Å²) in [6.45, 7) is -1.01. The van der Waals surface area contributed by atoms with Gasteiger partial charge in [-0.05, 0) is 25.0 Å². The Labute approximate surface area is 156 Å². The lowest BCUT2D eigenvalue weighted by atomic mass is 9.85. The summed E-state index contributed by atoms with van der Waals surface area (Å²) < 4.78 is 10.0. The molecule has 2 aliphatic rings. The molecule has 0 saturated carbocycles. The summed E-state index contributed by atoms with van der Waals surface area (Å²) >= 11 is 0. The van der Waals surface area contributed by atoms with Crippen molar-refractivity contribution in [3.8, 4) is 5.75 Å². The number of esters is 1. The zero-order valence-electron chi connectivity index (χ0n) is 14.8. The van der Waals surface area contributed by atoms with E-state index in [2.05, 4.69) is 5.32 Å². The average molecular weight is 372 g/mol. The van der Waals surface area contributed by atoms with Crippen molar-refractivity contribution in [2.75, 3.05) is 25.6 Å². The monoisotopic (exact) mass is 372 g/mol. The van der Waals surface area contributed by atoms with Crippen LogP contribution in [0.2, 0.25) is 0 Å². The fraction of sp³-hybridized carbons (Fsp3) is 0.368. The number of carbonyl (C=O) groups is 4. The summed E-state index contributed by atoms with van der Waals surface area (Å²) in [7, 11) is 1.47. The van der Waals surface area contributed by atoms with Crippen LogP contribution in [0.4, 0.5) is 5.69 Å². The van der Waals surface area contributed by atoms with Crippen LogP contribution in [0, 0.1) is 11.8 Å². The van der Waals surface area contributed by atoms with Crippen LogP contribution in [-0.4, -0.2) is 48.9 Å². The summed E-state index contributed by atoms with van der Waals surface area (Å²) in [6.07, 6.45) is 4.75. The van der Waals surface area contributed by atoms with E-state index >= 15 is 0 Å². The zero-order chi connectivity index (χ0) is 19.4. The normalized spacial score (nSPS) is 21.0. The third kappa shape index (κ3) is 3.99. The van der Waals surface area contributed by atoms with E-state index in [0.717, 1.165) is 4.90 Å². The number of nitrogens with zero attached hydrogens (tertiary/aromatic N) is 1. The standard InChI is InChI=1S/C19H20N2O6/c1-26-15-9-5-4-8-14(15)20-16(22)11-27-17(23)10-21-18(24)12-6-2-3-7-13(12)19(21)25/h2-5,8-9,12-13H,6-7,10-11H2,1H3,(H,20,22)/t12-,13-/m0/s1. The second-order valence-electron chi connectivity index (χ2n) is 6.33. The summed E-state index contributed by atoms with van der Waals surface area (Å²) in [5.74, 6) is -2.40. The van der Waals surface area contributed by atoms with Gasteiger partial charge in [0.15, 0.2) is 6.61 Å². The molecule has 27 heavy (non-hydrogen) atoms. The molecule has 0 bridgehead atoms. The predicted octanol–water partition coefficient (Wildman–Crippen LogP) is 1.13. The topological polar surface area (TPSA) is 102 Å². The maximum absolute atomic E-state index is 12.3. The highest BCUT2D eigenvalue weighted by atomic mass is 16.5. The quantitative estimate of drug-likeness (QED) is 0.456. The van der Waals surface area contributed by atoms with Crippen molar-refractivity contribution in [3.63, 3.8) is 0 Å². The predicted molar refractivity (Wildman–Crippen MR) is 94.7 cm³/mol. The number of fused-ring (bicyclic) bond motifs is 1. The number of benzene rings is 1. The molecule has 3 rings (SSSR count). The SMILES string of the molecule is COc1ccccc1NC(=O)COC(=O)CN1C(=O)[C@H]2CC=CC[C@@H]2C1=O. The molecule has 8 nitrogen and oxygen atoms in total. The van der Waals surface area contributed by atoms with Crippen LogP contribution in [0.25, 0.3) is 0 Å². The lowest BCUT2D eigenvalue weighted by Gasteiger charge is -2.14. The molecule has 0 unspecified atom stereocenters. The van der Waals surface area contributed by atoms with Gasteiger partial charge in [-0.3, -0.25) is 24.1 Å². The van der Waals surface area contributed by atoms with E-state index in [1.54, 1.807) is 24.3 Å². The zero-order valence-corrected chi connectivity index (χ0v) is 14.8. The number of hydrogen-bond donors (Lipinski definition) is 1. The minimum Gasteiger partial charge on any atom is -0.495 e. The van der Waals surface area contributed by atoms with Crippen LogP contribution in [0.1, 0.15) is 12.8 Å². The number of methoxy groups -OCH3 is 1. The Bertz CT molecular complexity index is 777. The number of carbonyl (C=O) groups excluding carboxylic acids is 4.